The summed E-state index contributed by atoms with van der Waals surface area (Å²) in [5, 5.41) is 2.73. The van der Waals surface area contributed by atoms with Crippen LogP contribution in [0.2, 0.25) is 0 Å². The monoisotopic (exact) mass is 434 g/mol. The number of hydrogen-bond donors (Lipinski definition) is 1. The maximum absolute atomic E-state index is 13.7. The molecule has 1 fully saturated rings. The van der Waals surface area contributed by atoms with Gasteiger partial charge in [0.05, 0.1) is 17.5 Å². The van der Waals surface area contributed by atoms with E-state index in [1.54, 1.807) is 30.3 Å². The molecule has 1 N–H and O–H groups in total. The number of anilines is 1. The average molecular weight is 434 g/mol. The zero-order valence-corrected chi connectivity index (χ0v) is 17.9. The molecule has 162 valence electrons. The van der Waals surface area contributed by atoms with Crippen molar-refractivity contribution in [2.24, 2.45) is 11.8 Å². The zero-order valence-electron chi connectivity index (χ0n) is 17.9. The molecule has 2 atom stereocenters. The van der Waals surface area contributed by atoms with E-state index in [1.807, 2.05) is 24.3 Å². The Labute approximate surface area is 191 Å². The predicted octanol–water partition coefficient (Wildman–Crippen LogP) is 4.00. The molecule has 2 bridgehead atoms. The van der Waals surface area contributed by atoms with E-state index in [0.717, 1.165) is 22.3 Å². The van der Waals surface area contributed by atoms with E-state index in [9.17, 15) is 14.4 Å². The molecule has 0 spiro atoms. The number of benzene rings is 3. The van der Waals surface area contributed by atoms with Crippen molar-refractivity contribution in [3.05, 3.63) is 113 Å². The number of carbonyl (C=O) groups excluding carboxylic acids is 3. The maximum Gasteiger partial charge on any atom is 0.251 e. The summed E-state index contributed by atoms with van der Waals surface area (Å²) in [7, 11) is 0. The van der Waals surface area contributed by atoms with E-state index < -0.39 is 11.8 Å². The van der Waals surface area contributed by atoms with Crippen molar-refractivity contribution < 1.29 is 14.4 Å². The maximum atomic E-state index is 13.7. The molecule has 7 rings (SSSR count). The van der Waals surface area contributed by atoms with Gasteiger partial charge in [-0.1, -0.05) is 54.6 Å². The van der Waals surface area contributed by atoms with Crippen molar-refractivity contribution >= 4 is 23.4 Å². The molecule has 4 aliphatic rings. The standard InChI is InChI=1S/C28H22N2O3/c1-2-15-29-26(31)16-11-13-17(14-12-16)30-27(32)24-22-18-7-3-4-8-19(18)23(25(24)28(30)33)21-10-6-5-9-20(21)22/h2-14,22-25H,1,15H2,(H,29,31). The second-order valence-corrected chi connectivity index (χ2v) is 8.82. The van der Waals surface area contributed by atoms with Gasteiger partial charge in [-0.15, -0.1) is 6.58 Å². The summed E-state index contributed by atoms with van der Waals surface area (Å²) in [6.45, 7) is 3.97. The lowest BCUT2D eigenvalue weighted by Gasteiger charge is -2.45. The first-order valence-corrected chi connectivity index (χ1v) is 11.2. The van der Waals surface area contributed by atoms with Crippen molar-refractivity contribution in [3.8, 4) is 0 Å². The van der Waals surface area contributed by atoms with E-state index >= 15 is 0 Å². The first-order valence-electron chi connectivity index (χ1n) is 11.2. The van der Waals surface area contributed by atoms with Crippen LogP contribution in [-0.2, 0) is 9.59 Å². The smallest absolute Gasteiger partial charge is 0.251 e. The van der Waals surface area contributed by atoms with E-state index in [-0.39, 0.29) is 29.6 Å². The molecule has 0 radical (unpaired) electrons. The summed E-state index contributed by atoms with van der Waals surface area (Å²) in [5.41, 5.74) is 5.59. The minimum absolute atomic E-state index is 0.127. The molecule has 1 aliphatic heterocycles. The Hall–Kier alpha value is -3.99. The summed E-state index contributed by atoms with van der Waals surface area (Å²) in [6, 6.07) is 23.1. The Morgan fingerprint density at radius 2 is 1.24 bits per heavy atom. The summed E-state index contributed by atoms with van der Waals surface area (Å²) < 4.78 is 0. The van der Waals surface area contributed by atoms with Crippen LogP contribution < -0.4 is 10.2 Å². The van der Waals surface area contributed by atoms with Gasteiger partial charge in [-0.05, 0) is 46.5 Å². The average Bonchev–Trinajstić information content (AvgIpc) is 3.13. The highest BCUT2D eigenvalue weighted by atomic mass is 16.2. The molecule has 5 heteroatoms. The summed E-state index contributed by atoms with van der Waals surface area (Å²) in [6.07, 6.45) is 1.61. The van der Waals surface area contributed by atoms with E-state index in [4.69, 9.17) is 0 Å². The second kappa shape index (κ2) is 7.27. The Kier molecular flexibility index (Phi) is 4.34. The molecule has 3 amide bonds. The molecule has 33 heavy (non-hydrogen) atoms. The van der Waals surface area contributed by atoms with Gasteiger partial charge in [0.15, 0.2) is 0 Å². The third-order valence-corrected chi connectivity index (χ3v) is 7.24. The molecule has 3 aliphatic carbocycles. The quantitative estimate of drug-likeness (QED) is 0.499. The second-order valence-electron chi connectivity index (χ2n) is 8.82. The van der Waals surface area contributed by atoms with Gasteiger partial charge in [-0.3, -0.25) is 14.4 Å². The minimum Gasteiger partial charge on any atom is -0.349 e. The third-order valence-electron chi connectivity index (χ3n) is 7.24. The highest BCUT2D eigenvalue weighted by Gasteiger charge is 2.61. The van der Waals surface area contributed by atoms with Crippen LogP contribution in [0.25, 0.3) is 0 Å². The van der Waals surface area contributed by atoms with Gasteiger partial charge >= 0.3 is 0 Å². The molecule has 3 aromatic rings. The largest absolute Gasteiger partial charge is 0.349 e. The number of rotatable bonds is 4. The third kappa shape index (κ3) is 2.68. The lowest BCUT2D eigenvalue weighted by molar-refractivity contribution is -0.122. The molecular weight excluding hydrogens is 412 g/mol. The van der Waals surface area contributed by atoms with Crippen LogP contribution in [0.3, 0.4) is 0 Å². The molecular formula is C28H22N2O3. The number of nitrogens with zero attached hydrogens (tertiary/aromatic N) is 1. The SMILES string of the molecule is C=CCNC(=O)c1ccc(N2C(=O)C3C4c5ccccc5C(c5ccccc54)C3C2=O)cc1. The van der Waals surface area contributed by atoms with Crippen LogP contribution in [0.4, 0.5) is 5.69 Å². The number of nitrogens with one attached hydrogen (secondary N) is 1. The highest BCUT2D eigenvalue weighted by Crippen LogP contribution is 2.61. The Balaban J connectivity index is 1.40. The van der Waals surface area contributed by atoms with Crippen LogP contribution in [-0.4, -0.2) is 24.3 Å². The van der Waals surface area contributed by atoms with Gasteiger partial charge in [0, 0.05) is 23.9 Å². The van der Waals surface area contributed by atoms with Crippen molar-refractivity contribution in [2.75, 3.05) is 11.4 Å². The number of carbonyl (C=O) groups is 3. The van der Waals surface area contributed by atoms with Crippen LogP contribution in [0, 0.1) is 11.8 Å². The van der Waals surface area contributed by atoms with Crippen molar-refractivity contribution in [2.45, 2.75) is 11.8 Å². The van der Waals surface area contributed by atoms with Crippen LogP contribution in [0.5, 0.6) is 0 Å². The summed E-state index contributed by atoms with van der Waals surface area (Å²) in [5.74, 6) is -1.62. The predicted molar refractivity (Wildman–Crippen MR) is 125 cm³/mol. The fraction of sp³-hybridized carbons (Fsp3) is 0.179. The molecule has 1 heterocycles. The Morgan fingerprint density at radius 1 is 0.788 bits per heavy atom. The Bertz CT molecular complexity index is 1210. The summed E-state index contributed by atoms with van der Waals surface area (Å²) in [4.78, 5) is 41.0. The topological polar surface area (TPSA) is 66.5 Å². The number of imide groups is 1. The first-order chi connectivity index (χ1) is 16.1. The van der Waals surface area contributed by atoms with Gasteiger partial charge in [-0.2, -0.15) is 0 Å². The zero-order chi connectivity index (χ0) is 22.7. The van der Waals surface area contributed by atoms with Gasteiger partial charge < -0.3 is 5.32 Å². The van der Waals surface area contributed by atoms with Gasteiger partial charge in [0.25, 0.3) is 5.91 Å². The highest BCUT2D eigenvalue weighted by molar-refractivity contribution is 6.23. The van der Waals surface area contributed by atoms with Crippen molar-refractivity contribution in [1.29, 1.82) is 0 Å². The Morgan fingerprint density at radius 3 is 1.67 bits per heavy atom. The molecule has 0 saturated carbocycles. The first kappa shape index (κ1) is 19.7. The van der Waals surface area contributed by atoms with E-state index in [1.165, 1.54) is 4.90 Å². The fourth-order valence-corrected chi connectivity index (χ4v) is 5.96. The lowest BCUT2D eigenvalue weighted by atomic mass is 9.55. The number of amides is 3. The molecule has 3 aromatic carbocycles. The van der Waals surface area contributed by atoms with Crippen molar-refractivity contribution in [3.63, 3.8) is 0 Å². The van der Waals surface area contributed by atoms with Crippen molar-refractivity contribution in [1.82, 2.24) is 5.32 Å². The minimum atomic E-state index is -0.414. The lowest BCUT2D eigenvalue weighted by Crippen LogP contribution is -2.41. The molecule has 2 unspecified atom stereocenters. The normalized spacial score (nSPS) is 24.2. The molecule has 1 saturated heterocycles. The summed E-state index contributed by atoms with van der Waals surface area (Å²) >= 11 is 0. The molecule has 5 nitrogen and oxygen atoms in total. The van der Waals surface area contributed by atoms with Crippen LogP contribution in [0.15, 0.2) is 85.5 Å². The van der Waals surface area contributed by atoms with E-state index in [2.05, 4.69) is 36.2 Å². The van der Waals surface area contributed by atoms with Gasteiger partial charge in [-0.25, -0.2) is 4.90 Å². The van der Waals surface area contributed by atoms with Crippen LogP contribution in [0.1, 0.15) is 44.4 Å². The van der Waals surface area contributed by atoms with Crippen LogP contribution >= 0.6 is 0 Å². The van der Waals surface area contributed by atoms with E-state index in [0.29, 0.717) is 17.8 Å². The fourth-order valence-electron chi connectivity index (χ4n) is 5.96. The van der Waals surface area contributed by atoms with Gasteiger partial charge in [0.2, 0.25) is 11.8 Å². The number of hydrogen-bond acceptors (Lipinski definition) is 3. The van der Waals surface area contributed by atoms with Gasteiger partial charge in [0.1, 0.15) is 0 Å². The molecule has 0 aromatic heterocycles.